The molecule has 1 atom stereocenters. The van der Waals surface area contributed by atoms with Gasteiger partial charge in [0.1, 0.15) is 5.75 Å². The van der Waals surface area contributed by atoms with Crippen LogP contribution in [0.2, 0.25) is 0 Å². The third kappa shape index (κ3) is 15.3. The highest BCUT2D eigenvalue weighted by Gasteiger charge is 2.10. The molecule has 2 nitrogen and oxygen atoms in total. The van der Waals surface area contributed by atoms with Crippen LogP contribution in [0.25, 0.3) is 22.3 Å². The number of benzene rings is 3. The fourth-order valence-corrected chi connectivity index (χ4v) is 6.38. The number of hydrogen-bond donors (Lipinski definition) is 0. The molecule has 3 aromatic carbocycles. The molecule has 0 saturated carbocycles. The first-order chi connectivity index (χ1) is 22.7. The van der Waals surface area contributed by atoms with Crippen LogP contribution in [0.1, 0.15) is 161 Å². The Morgan fingerprint density at radius 2 is 0.826 bits per heavy atom. The van der Waals surface area contributed by atoms with Crippen LogP contribution in [0.4, 0.5) is 0 Å². The van der Waals surface area contributed by atoms with Gasteiger partial charge in [-0.15, -0.1) is 0 Å². The van der Waals surface area contributed by atoms with Gasteiger partial charge in [-0.05, 0) is 59.7 Å². The van der Waals surface area contributed by atoms with Crippen LogP contribution in [0.5, 0.6) is 5.75 Å². The Morgan fingerprint density at radius 3 is 1.28 bits per heavy atom. The summed E-state index contributed by atoms with van der Waals surface area (Å²) in [6, 6.07) is 26.3. The smallest absolute Gasteiger partial charge is 0.119 e. The SMILES string of the molecule is CCCCCCCCCCCCCOc1ccc(-c2ccccc2-c2ccc(C(C)OCCCCCCCCCCC)cc2)cc1. The summed E-state index contributed by atoms with van der Waals surface area (Å²) >= 11 is 0. The molecule has 0 fully saturated rings. The van der Waals surface area contributed by atoms with Crippen molar-refractivity contribution >= 4 is 0 Å². The maximum Gasteiger partial charge on any atom is 0.119 e. The van der Waals surface area contributed by atoms with Gasteiger partial charge in [0, 0.05) is 6.61 Å². The molecule has 2 heteroatoms. The molecular weight excluding hydrogens is 560 g/mol. The molecule has 0 spiro atoms. The lowest BCUT2D eigenvalue weighted by Gasteiger charge is -2.15. The summed E-state index contributed by atoms with van der Waals surface area (Å²) in [5.74, 6) is 0.967. The lowest BCUT2D eigenvalue weighted by atomic mass is 9.94. The van der Waals surface area contributed by atoms with Gasteiger partial charge in [0.2, 0.25) is 0 Å². The van der Waals surface area contributed by atoms with Gasteiger partial charge in [-0.2, -0.15) is 0 Å². The van der Waals surface area contributed by atoms with Crippen molar-refractivity contribution in [3.63, 3.8) is 0 Å². The van der Waals surface area contributed by atoms with Crippen molar-refractivity contribution in [2.45, 2.75) is 155 Å². The van der Waals surface area contributed by atoms with Crippen molar-refractivity contribution in [3.05, 3.63) is 78.4 Å². The van der Waals surface area contributed by atoms with Gasteiger partial charge in [0.15, 0.2) is 0 Å². The van der Waals surface area contributed by atoms with Crippen LogP contribution in [-0.4, -0.2) is 13.2 Å². The normalized spacial score (nSPS) is 12.0. The molecular formula is C44H66O2. The molecule has 0 aliphatic carbocycles. The van der Waals surface area contributed by atoms with Gasteiger partial charge in [-0.1, -0.05) is 190 Å². The second-order valence-corrected chi connectivity index (χ2v) is 13.4. The van der Waals surface area contributed by atoms with Crippen LogP contribution in [0.15, 0.2) is 72.8 Å². The molecule has 0 amide bonds. The van der Waals surface area contributed by atoms with Crippen LogP contribution < -0.4 is 4.74 Å². The van der Waals surface area contributed by atoms with Crippen molar-refractivity contribution in [1.82, 2.24) is 0 Å². The van der Waals surface area contributed by atoms with Crippen molar-refractivity contribution < 1.29 is 9.47 Å². The van der Waals surface area contributed by atoms with Crippen molar-refractivity contribution in [2.75, 3.05) is 13.2 Å². The molecule has 0 saturated heterocycles. The highest BCUT2D eigenvalue weighted by Crippen LogP contribution is 2.34. The topological polar surface area (TPSA) is 18.5 Å². The molecule has 0 heterocycles. The lowest BCUT2D eigenvalue weighted by molar-refractivity contribution is 0.0627. The van der Waals surface area contributed by atoms with Gasteiger partial charge in [0.25, 0.3) is 0 Å². The molecule has 3 aromatic rings. The van der Waals surface area contributed by atoms with Gasteiger partial charge < -0.3 is 9.47 Å². The fraction of sp³-hybridized carbons (Fsp3) is 0.591. The minimum atomic E-state index is 0.121. The molecule has 0 N–H and O–H groups in total. The average Bonchev–Trinajstić information content (AvgIpc) is 3.10. The first kappa shape index (κ1) is 37.9. The van der Waals surface area contributed by atoms with E-state index in [-0.39, 0.29) is 6.10 Å². The molecule has 46 heavy (non-hydrogen) atoms. The van der Waals surface area contributed by atoms with Crippen LogP contribution >= 0.6 is 0 Å². The van der Waals surface area contributed by atoms with Crippen molar-refractivity contribution in [3.8, 4) is 28.0 Å². The zero-order chi connectivity index (χ0) is 32.5. The summed E-state index contributed by atoms with van der Waals surface area (Å²) in [6.45, 7) is 8.40. The van der Waals surface area contributed by atoms with E-state index in [0.717, 1.165) is 31.8 Å². The molecule has 0 aromatic heterocycles. The maximum atomic E-state index is 6.20. The molecule has 0 bridgehead atoms. The van der Waals surface area contributed by atoms with E-state index in [4.69, 9.17) is 9.47 Å². The molecule has 3 rings (SSSR count). The predicted octanol–water partition coefficient (Wildman–Crippen LogP) is 14.3. The molecule has 0 radical (unpaired) electrons. The van der Waals surface area contributed by atoms with E-state index in [0.29, 0.717) is 0 Å². The van der Waals surface area contributed by atoms with Gasteiger partial charge >= 0.3 is 0 Å². The van der Waals surface area contributed by atoms with Gasteiger partial charge in [-0.25, -0.2) is 0 Å². The van der Waals surface area contributed by atoms with Gasteiger partial charge in [0.05, 0.1) is 12.7 Å². The van der Waals surface area contributed by atoms with E-state index >= 15 is 0 Å². The van der Waals surface area contributed by atoms with E-state index < -0.39 is 0 Å². The summed E-state index contributed by atoms with van der Waals surface area (Å²) in [4.78, 5) is 0. The second kappa shape index (κ2) is 24.6. The molecule has 1 unspecified atom stereocenters. The minimum Gasteiger partial charge on any atom is -0.494 e. The highest BCUT2D eigenvalue weighted by atomic mass is 16.5. The Balaban J connectivity index is 1.36. The lowest BCUT2D eigenvalue weighted by Crippen LogP contribution is -2.02. The Morgan fingerprint density at radius 1 is 0.435 bits per heavy atom. The third-order valence-electron chi connectivity index (χ3n) is 9.42. The summed E-state index contributed by atoms with van der Waals surface area (Å²) < 4.78 is 12.3. The zero-order valence-corrected chi connectivity index (χ0v) is 29.9. The summed E-state index contributed by atoms with van der Waals surface area (Å²) in [7, 11) is 0. The number of ether oxygens (including phenoxy) is 2. The molecule has 254 valence electrons. The van der Waals surface area contributed by atoms with Crippen LogP contribution in [0, 0.1) is 0 Å². The second-order valence-electron chi connectivity index (χ2n) is 13.4. The Hall–Kier alpha value is -2.58. The van der Waals surface area contributed by atoms with Crippen molar-refractivity contribution in [1.29, 1.82) is 0 Å². The zero-order valence-electron chi connectivity index (χ0n) is 29.9. The Kier molecular flexibility index (Phi) is 20.2. The number of rotatable bonds is 27. The summed E-state index contributed by atoms with van der Waals surface area (Å²) in [5, 5.41) is 0. The van der Waals surface area contributed by atoms with E-state index in [1.54, 1.807) is 0 Å². The number of unbranched alkanes of at least 4 members (excludes halogenated alkanes) is 18. The quantitative estimate of drug-likeness (QED) is 0.0784. The first-order valence-corrected chi connectivity index (χ1v) is 19.3. The average molecular weight is 627 g/mol. The third-order valence-corrected chi connectivity index (χ3v) is 9.42. The van der Waals surface area contributed by atoms with Crippen LogP contribution in [0.3, 0.4) is 0 Å². The minimum absolute atomic E-state index is 0.121. The standard InChI is InChI=1S/C44H66O2/c1-4-6-8-10-12-14-15-17-19-21-25-37-46-42-34-32-41(33-35-42)44-27-23-22-26-43(44)40-30-28-39(29-31-40)38(3)45-36-24-20-18-16-13-11-9-7-5-2/h22-23,26-35,38H,4-21,24-25,36-37H2,1-3H3. The predicted molar refractivity (Wildman–Crippen MR) is 201 cm³/mol. The highest BCUT2D eigenvalue weighted by molar-refractivity contribution is 5.83. The fourth-order valence-electron chi connectivity index (χ4n) is 6.38. The van der Waals surface area contributed by atoms with Gasteiger partial charge in [-0.3, -0.25) is 0 Å². The van der Waals surface area contributed by atoms with E-state index in [9.17, 15) is 0 Å². The largest absolute Gasteiger partial charge is 0.494 e. The monoisotopic (exact) mass is 627 g/mol. The first-order valence-electron chi connectivity index (χ1n) is 19.3. The summed E-state index contributed by atoms with van der Waals surface area (Å²) in [6.07, 6.45) is 27.1. The van der Waals surface area contributed by atoms with Crippen molar-refractivity contribution in [2.24, 2.45) is 0 Å². The maximum absolute atomic E-state index is 6.20. The Bertz CT molecular complexity index is 1130. The number of hydrogen-bond acceptors (Lipinski definition) is 2. The van der Waals surface area contributed by atoms with E-state index in [1.165, 1.54) is 143 Å². The summed E-state index contributed by atoms with van der Waals surface area (Å²) in [5.41, 5.74) is 6.21. The van der Waals surface area contributed by atoms with E-state index in [2.05, 4.69) is 93.6 Å². The Labute approximate surface area is 283 Å². The molecule has 0 aliphatic heterocycles. The van der Waals surface area contributed by atoms with E-state index in [1.807, 2.05) is 0 Å². The molecule has 0 aliphatic rings. The van der Waals surface area contributed by atoms with Crippen LogP contribution in [-0.2, 0) is 4.74 Å².